The Balaban J connectivity index is 2.02. The number of rotatable bonds is 2. The van der Waals surface area contributed by atoms with Gasteiger partial charge in [0.25, 0.3) is 0 Å². The molecule has 0 heterocycles. The molecule has 0 N–H and O–H groups in total. The molecule has 4 heteroatoms. The van der Waals surface area contributed by atoms with E-state index in [0.29, 0.717) is 20.5 Å². The Bertz CT molecular complexity index is 773. The number of halogens is 1. The molecule has 0 aromatic heterocycles. The number of Topliss-reactive ketones (excluding diaryl/α,β-unsaturated/α-hetero) is 2. The second-order valence-electron chi connectivity index (χ2n) is 4.76. The van der Waals surface area contributed by atoms with Crippen LogP contribution in [0.3, 0.4) is 0 Å². The Hall–Kier alpha value is -1.95. The Morgan fingerprint density at radius 2 is 1.43 bits per heavy atom. The predicted octanol–water partition coefficient (Wildman–Crippen LogP) is 4.10. The van der Waals surface area contributed by atoms with Crippen LogP contribution in [0.2, 0.25) is 0 Å². The summed E-state index contributed by atoms with van der Waals surface area (Å²) in [6, 6.07) is 14.2. The zero-order chi connectivity index (χ0) is 15.0. The number of hydrogen-bond acceptors (Lipinski definition) is 3. The van der Waals surface area contributed by atoms with E-state index in [1.165, 1.54) is 0 Å². The topological polar surface area (TPSA) is 43.4 Å². The van der Waals surface area contributed by atoms with Crippen LogP contribution in [0.25, 0.3) is 0 Å². The highest BCUT2D eigenvalue weighted by molar-refractivity contribution is 14.1. The molecule has 1 aliphatic carbocycles. The maximum atomic E-state index is 12.5. The van der Waals surface area contributed by atoms with Gasteiger partial charge in [0, 0.05) is 11.1 Å². The summed E-state index contributed by atoms with van der Waals surface area (Å²) in [4.78, 5) is 24.8. The maximum absolute atomic E-state index is 12.5. The van der Waals surface area contributed by atoms with Crippen molar-refractivity contribution >= 4 is 34.2 Å². The van der Waals surface area contributed by atoms with Gasteiger partial charge in [-0.2, -0.15) is 0 Å². The lowest BCUT2D eigenvalue weighted by molar-refractivity contribution is 0.0945. The number of ether oxygens (including phenoxy) is 1. The first-order chi connectivity index (χ1) is 10.1. The van der Waals surface area contributed by atoms with Gasteiger partial charge in [-0.1, -0.05) is 42.0 Å². The molecule has 0 bridgehead atoms. The number of aryl methyl sites for hydroxylation is 1. The van der Waals surface area contributed by atoms with Gasteiger partial charge in [-0.25, -0.2) is 0 Å². The maximum Gasteiger partial charge on any atom is 0.230 e. The highest BCUT2D eigenvalue weighted by Gasteiger charge is 2.32. The first kappa shape index (κ1) is 14.0. The van der Waals surface area contributed by atoms with E-state index in [4.69, 9.17) is 4.74 Å². The van der Waals surface area contributed by atoms with Crippen LogP contribution in [-0.2, 0) is 0 Å². The average Bonchev–Trinajstić information content (AvgIpc) is 2.51. The molecule has 0 amide bonds. The molecule has 2 aromatic carbocycles. The molecule has 0 radical (unpaired) electrons. The SMILES string of the molecule is Cc1ccc(OC2=C(I)C(=O)c3ccccc3C2=O)cc1. The normalized spacial score (nSPS) is 14.2. The number of benzene rings is 2. The minimum atomic E-state index is -0.254. The number of ketones is 2. The fourth-order valence-corrected chi connectivity index (χ4v) is 2.78. The van der Waals surface area contributed by atoms with Gasteiger partial charge in [-0.3, -0.25) is 9.59 Å². The van der Waals surface area contributed by atoms with E-state index in [-0.39, 0.29) is 17.3 Å². The van der Waals surface area contributed by atoms with Crippen LogP contribution >= 0.6 is 22.6 Å². The van der Waals surface area contributed by atoms with Gasteiger partial charge < -0.3 is 4.74 Å². The molecule has 3 nitrogen and oxygen atoms in total. The quantitative estimate of drug-likeness (QED) is 0.726. The summed E-state index contributed by atoms with van der Waals surface area (Å²) in [5.41, 5.74) is 1.93. The summed E-state index contributed by atoms with van der Waals surface area (Å²) >= 11 is 1.87. The van der Waals surface area contributed by atoms with E-state index in [0.717, 1.165) is 5.56 Å². The van der Waals surface area contributed by atoms with Crippen molar-refractivity contribution in [3.8, 4) is 5.75 Å². The largest absolute Gasteiger partial charge is 0.452 e. The number of carbonyl (C=O) groups excluding carboxylic acids is 2. The van der Waals surface area contributed by atoms with Gasteiger partial charge in [0.05, 0.1) is 0 Å². The van der Waals surface area contributed by atoms with Crippen molar-refractivity contribution in [2.45, 2.75) is 6.92 Å². The van der Waals surface area contributed by atoms with Gasteiger partial charge in [-0.05, 0) is 41.6 Å². The molecular weight excluding hydrogens is 379 g/mol. The van der Waals surface area contributed by atoms with Crippen molar-refractivity contribution < 1.29 is 14.3 Å². The Morgan fingerprint density at radius 3 is 2.05 bits per heavy atom. The lowest BCUT2D eigenvalue weighted by Gasteiger charge is -2.18. The molecule has 21 heavy (non-hydrogen) atoms. The van der Waals surface area contributed by atoms with Crippen molar-refractivity contribution in [3.05, 3.63) is 74.6 Å². The number of allylic oxidation sites excluding steroid dienone is 2. The van der Waals surface area contributed by atoms with Gasteiger partial charge in [0.1, 0.15) is 9.33 Å². The summed E-state index contributed by atoms with van der Waals surface area (Å²) in [5, 5.41) is 0. The van der Waals surface area contributed by atoms with Crippen molar-refractivity contribution in [1.29, 1.82) is 0 Å². The lowest BCUT2D eigenvalue weighted by atomic mass is 9.94. The molecule has 104 valence electrons. The van der Waals surface area contributed by atoms with Crippen LogP contribution < -0.4 is 4.74 Å². The van der Waals surface area contributed by atoms with Crippen molar-refractivity contribution in [3.63, 3.8) is 0 Å². The molecule has 0 saturated heterocycles. The monoisotopic (exact) mass is 390 g/mol. The van der Waals surface area contributed by atoms with Crippen molar-refractivity contribution in [2.75, 3.05) is 0 Å². The van der Waals surface area contributed by atoms with E-state index in [9.17, 15) is 9.59 Å². The molecular formula is C17H11IO3. The van der Waals surface area contributed by atoms with Gasteiger partial charge >= 0.3 is 0 Å². The van der Waals surface area contributed by atoms with E-state index < -0.39 is 0 Å². The predicted molar refractivity (Wildman–Crippen MR) is 88.0 cm³/mol. The van der Waals surface area contributed by atoms with Crippen LogP contribution in [0.4, 0.5) is 0 Å². The Morgan fingerprint density at radius 1 is 0.857 bits per heavy atom. The highest BCUT2D eigenvalue weighted by atomic mass is 127. The van der Waals surface area contributed by atoms with Crippen molar-refractivity contribution in [1.82, 2.24) is 0 Å². The van der Waals surface area contributed by atoms with E-state index in [1.54, 1.807) is 36.4 Å². The third-order valence-corrected chi connectivity index (χ3v) is 4.24. The Labute approximate surface area is 135 Å². The standard InChI is InChI=1S/C17H11IO3/c1-10-6-8-11(9-7-10)21-17-14(18)15(19)12-4-2-3-5-13(12)16(17)20/h2-9H,1H3. The number of carbonyl (C=O) groups is 2. The zero-order valence-corrected chi connectivity index (χ0v) is 13.4. The molecule has 0 fully saturated rings. The summed E-state index contributed by atoms with van der Waals surface area (Å²) < 4.78 is 5.98. The smallest absolute Gasteiger partial charge is 0.230 e. The summed E-state index contributed by atoms with van der Waals surface area (Å²) in [7, 11) is 0. The van der Waals surface area contributed by atoms with E-state index in [2.05, 4.69) is 0 Å². The average molecular weight is 390 g/mol. The molecule has 0 atom stereocenters. The third kappa shape index (κ3) is 2.51. The Kier molecular flexibility index (Phi) is 3.63. The molecule has 1 aliphatic rings. The fraction of sp³-hybridized carbons (Fsp3) is 0.0588. The molecule has 2 aromatic rings. The summed E-state index contributed by atoms with van der Waals surface area (Å²) in [6.45, 7) is 1.97. The number of fused-ring (bicyclic) bond motifs is 1. The van der Waals surface area contributed by atoms with E-state index >= 15 is 0 Å². The molecule has 0 aliphatic heterocycles. The summed E-state index contributed by atoms with van der Waals surface area (Å²) in [5.74, 6) is 0.219. The minimum absolute atomic E-state index is 0.100. The number of hydrogen-bond donors (Lipinski definition) is 0. The van der Waals surface area contributed by atoms with Crippen LogP contribution in [0.15, 0.2) is 57.9 Å². The van der Waals surface area contributed by atoms with Gasteiger partial charge in [0.2, 0.25) is 11.6 Å². The molecule has 0 unspecified atom stereocenters. The van der Waals surface area contributed by atoms with Crippen LogP contribution in [0.5, 0.6) is 5.75 Å². The van der Waals surface area contributed by atoms with E-state index in [1.807, 2.05) is 41.6 Å². The lowest BCUT2D eigenvalue weighted by Crippen LogP contribution is -2.22. The van der Waals surface area contributed by atoms with Crippen LogP contribution in [0, 0.1) is 6.92 Å². The highest BCUT2D eigenvalue weighted by Crippen LogP contribution is 2.31. The zero-order valence-electron chi connectivity index (χ0n) is 11.2. The van der Waals surface area contributed by atoms with Crippen molar-refractivity contribution in [2.24, 2.45) is 0 Å². The van der Waals surface area contributed by atoms with Crippen LogP contribution in [-0.4, -0.2) is 11.6 Å². The minimum Gasteiger partial charge on any atom is -0.452 e. The van der Waals surface area contributed by atoms with Gasteiger partial charge in [0.15, 0.2) is 5.76 Å². The molecule has 0 saturated carbocycles. The molecule has 3 rings (SSSR count). The summed E-state index contributed by atoms with van der Waals surface area (Å²) in [6.07, 6.45) is 0. The first-order valence-electron chi connectivity index (χ1n) is 6.40. The second-order valence-corrected chi connectivity index (χ2v) is 5.84. The first-order valence-corrected chi connectivity index (χ1v) is 7.48. The molecule has 0 spiro atoms. The van der Waals surface area contributed by atoms with Gasteiger partial charge in [-0.15, -0.1) is 0 Å². The van der Waals surface area contributed by atoms with Crippen LogP contribution in [0.1, 0.15) is 26.3 Å². The third-order valence-electron chi connectivity index (χ3n) is 3.26. The fourth-order valence-electron chi connectivity index (χ4n) is 2.14. The second kappa shape index (κ2) is 5.44.